The Morgan fingerprint density at radius 2 is 1.76 bits per heavy atom. The Labute approximate surface area is 195 Å². The predicted molar refractivity (Wildman–Crippen MR) is 131 cm³/mol. The first kappa shape index (κ1) is 22.8. The fraction of sp³-hybridized carbons (Fsp3) is 0.185. The monoisotopic (exact) mass is 460 g/mol. The van der Waals surface area contributed by atoms with E-state index < -0.39 is 10.8 Å². The molecule has 168 valence electrons. The molecule has 4 nitrogen and oxygen atoms in total. The van der Waals surface area contributed by atoms with Crippen molar-refractivity contribution in [1.82, 2.24) is 10.3 Å². The lowest BCUT2D eigenvalue weighted by atomic mass is 10.00. The molecule has 0 saturated carbocycles. The molecule has 2 atom stereocenters. The molecule has 4 aromatic rings. The summed E-state index contributed by atoms with van der Waals surface area (Å²) in [5.41, 5.74) is 3.63. The highest BCUT2D eigenvalue weighted by molar-refractivity contribution is 7.84. The van der Waals surface area contributed by atoms with Gasteiger partial charge in [-0.05, 0) is 35.7 Å². The number of halogens is 1. The molecule has 0 spiro atoms. The van der Waals surface area contributed by atoms with E-state index in [1.807, 2.05) is 61.5 Å². The third kappa shape index (κ3) is 5.01. The van der Waals surface area contributed by atoms with Crippen LogP contribution in [0.25, 0.3) is 22.2 Å². The average Bonchev–Trinajstić information content (AvgIpc) is 2.82. The van der Waals surface area contributed by atoms with Gasteiger partial charge in [-0.15, -0.1) is 0 Å². The zero-order valence-corrected chi connectivity index (χ0v) is 19.4. The van der Waals surface area contributed by atoms with Crippen LogP contribution in [0.3, 0.4) is 0 Å². The number of benzene rings is 3. The van der Waals surface area contributed by atoms with E-state index in [-0.39, 0.29) is 24.2 Å². The predicted octanol–water partition coefficient (Wildman–Crippen LogP) is 5.59. The Bertz CT molecular complexity index is 1320. The summed E-state index contributed by atoms with van der Waals surface area (Å²) in [5.74, 6) is -0.551. The van der Waals surface area contributed by atoms with Crippen molar-refractivity contribution < 1.29 is 13.4 Å². The Morgan fingerprint density at radius 3 is 2.45 bits per heavy atom. The number of nitrogens with zero attached hydrogens (tertiary/aromatic N) is 1. The molecule has 33 heavy (non-hydrogen) atoms. The average molecular weight is 461 g/mol. The highest BCUT2D eigenvalue weighted by Crippen LogP contribution is 2.33. The topological polar surface area (TPSA) is 59.1 Å². The summed E-state index contributed by atoms with van der Waals surface area (Å²) in [6.07, 6.45) is 2.28. The molecule has 1 aromatic heterocycles. The Kier molecular flexibility index (Phi) is 6.94. The molecule has 0 saturated heterocycles. The van der Waals surface area contributed by atoms with Crippen molar-refractivity contribution in [2.24, 2.45) is 0 Å². The van der Waals surface area contributed by atoms with E-state index in [2.05, 4.69) is 5.32 Å². The first-order valence-electron chi connectivity index (χ1n) is 10.8. The summed E-state index contributed by atoms with van der Waals surface area (Å²) in [4.78, 5) is 18.5. The van der Waals surface area contributed by atoms with Crippen molar-refractivity contribution in [3.05, 3.63) is 95.8 Å². The molecule has 0 aliphatic rings. The fourth-order valence-corrected chi connectivity index (χ4v) is 5.05. The van der Waals surface area contributed by atoms with Gasteiger partial charge in [-0.3, -0.25) is 9.00 Å². The van der Waals surface area contributed by atoms with Gasteiger partial charge in [0.1, 0.15) is 5.82 Å². The van der Waals surface area contributed by atoms with Gasteiger partial charge in [0.25, 0.3) is 0 Å². The molecule has 1 N–H and O–H groups in total. The lowest BCUT2D eigenvalue weighted by Gasteiger charge is -2.20. The fourth-order valence-electron chi connectivity index (χ4n) is 4.09. The summed E-state index contributed by atoms with van der Waals surface area (Å²) in [6, 6.07) is 23.1. The molecule has 1 amide bonds. The van der Waals surface area contributed by atoms with E-state index in [4.69, 9.17) is 4.98 Å². The van der Waals surface area contributed by atoms with Gasteiger partial charge in [-0.2, -0.15) is 0 Å². The maximum Gasteiger partial charge on any atom is 0.224 e. The van der Waals surface area contributed by atoms with E-state index in [1.54, 1.807) is 18.4 Å². The van der Waals surface area contributed by atoms with Crippen molar-refractivity contribution >= 4 is 27.6 Å². The van der Waals surface area contributed by atoms with Gasteiger partial charge in [0.2, 0.25) is 5.91 Å². The molecular formula is C27H25FN2O2S. The number of hydrogen-bond donors (Lipinski definition) is 1. The molecule has 0 radical (unpaired) electrons. The van der Waals surface area contributed by atoms with Gasteiger partial charge >= 0.3 is 0 Å². The number of amides is 1. The SMILES string of the molecule is CCC(NC(=O)Cc1c(S(C)=O)c(-c2ccccc2)nc2ccccc12)c1cccc(F)c1. The van der Waals surface area contributed by atoms with Crippen molar-refractivity contribution in [1.29, 1.82) is 0 Å². The Morgan fingerprint density at radius 1 is 1.03 bits per heavy atom. The molecule has 0 aliphatic heterocycles. The van der Waals surface area contributed by atoms with Crippen molar-refractivity contribution in [3.63, 3.8) is 0 Å². The van der Waals surface area contributed by atoms with E-state index in [0.717, 1.165) is 22.0 Å². The van der Waals surface area contributed by atoms with Gasteiger partial charge in [0.15, 0.2) is 0 Å². The minimum absolute atomic E-state index is 0.0452. The molecule has 0 fully saturated rings. The quantitative estimate of drug-likeness (QED) is 0.391. The van der Waals surface area contributed by atoms with Gasteiger partial charge in [-0.25, -0.2) is 9.37 Å². The number of hydrogen-bond acceptors (Lipinski definition) is 3. The molecule has 1 heterocycles. The van der Waals surface area contributed by atoms with Crippen molar-refractivity contribution in [2.45, 2.75) is 30.7 Å². The molecular weight excluding hydrogens is 435 g/mol. The van der Waals surface area contributed by atoms with E-state index in [9.17, 15) is 13.4 Å². The number of nitrogens with one attached hydrogen (secondary N) is 1. The van der Waals surface area contributed by atoms with E-state index in [0.29, 0.717) is 22.6 Å². The van der Waals surface area contributed by atoms with E-state index in [1.165, 1.54) is 12.1 Å². The van der Waals surface area contributed by atoms with Crippen LogP contribution in [0.4, 0.5) is 4.39 Å². The maximum absolute atomic E-state index is 13.7. The Balaban J connectivity index is 1.77. The van der Waals surface area contributed by atoms with E-state index >= 15 is 0 Å². The normalized spacial score (nSPS) is 12.9. The third-order valence-corrected chi connectivity index (χ3v) is 6.63. The standard InChI is InChI=1S/C27H25FN2O2S/c1-3-23(19-12-9-13-20(28)16-19)29-25(31)17-22-21-14-7-8-15-24(21)30-26(27(22)33(2)32)18-10-5-4-6-11-18/h4-16,23H,3,17H2,1-2H3,(H,29,31). The van der Waals surface area contributed by atoms with Crippen molar-refractivity contribution in [2.75, 3.05) is 6.26 Å². The van der Waals surface area contributed by atoms with Crippen LogP contribution in [0, 0.1) is 5.82 Å². The molecule has 6 heteroatoms. The smallest absolute Gasteiger partial charge is 0.224 e. The van der Waals surface area contributed by atoms with Crippen LogP contribution in [-0.2, 0) is 22.0 Å². The first-order valence-corrected chi connectivity index (χ1v) is 12.4. The summed E-state index contributed by atoms with van der Waals surface area (Å²) >= 11 is 0. The van der Waals surface area contributed by atoms with Gasteiger partial charge in [-0.1, -0.05) is 67.6 Å². The molecule has 4 rings (SSSR count). The third-order valence-electron chi connectivity index (χ3n) is 5.62. The number of pyridine rings is 1. The number of fused-ring (bicyclic) bond motifs is 1. The van der Waals surface area contributed by atoms with Crippen LogP contribution in [0.1, 0.15) is 30.5 Å². The largest absolute Gasteiger partial charge is 0.349 e. The number of aromatic nitrogens is 1. The summed E-state index contributed by atoms with van der Waals surface area (Å²) < 4.78 is 26.6. The molecule has 2 unspecified atom stereocenters. The van der Waals surface area contributed by atoms with Gasteiger partial charge < -0.3 is 5.32 Å². The second kappa shape index (κ2) is 10.0. The second-order valence-electron chi connectivity index (χ2n) is 7.87. The minimum Gasteiger partial charge on any atom is -0.349 e. The summed E-state index contributed by atoms with van der Waals surface area (Å²) in [5, 5.41) is 3.83. The minimum atomic E-state index is -1.37. The first-order chi connectivity index (χ1) is 16.0. The lowest BCUT2D eigenvalue weighted by molar-refractivity contribution is -0.121. The van der Waals surface area contributed by atoms with Crippen LogP contribution < -0.4 is 5.32 Å². The molecule has 0 aliphatic carbocycles. The maximum atomic E-state index is 13.7. The van der Waals surface area contributed by atoms with Crippen molar-refractivity contribution in [3.8, 4) is 11.3 Å². The molecule has 0 bridgehead atoms. The summed E-state index contributed by atoms with van der Waals surface area (Å²) in [7, 11) is -1.37. The number of rotatable bonds is 7. The van der Waals surface area contributed by atoms with Crippen LogP contribution in [-0.4, -0.2) is 21.4 Å². The van der Waals surface area contributed by atoms with Gasteiger partial charge in [0, 0.05) is 17.2 Å². The number of carbonyl (C=O) groups is 1. The zero-order chi connectivity index (χ0) is 23.4. The lowest BCUT2D eigenvalue weighted by Crippen LogP contribution is -2.30. The van der Waals surface area contributed by atoms with Gasteiger partial charge in [0.05, 0.1) is 39.4 Å². The van der Waals surface area contributed by atoms with Crippen LogP contribution in [0.5, 0.6) is 0 Å². The van der Waals surface area contributed by atoms with Crippen LogP contribution in [0.15, 0.2) is 83.8 Å². The Hall–Kier alpha value is -3.38. The van der Waals surface area contributed by atoms with Crippen LogP contribution in [0.2, 0.25) is 0 Å². The number of carbonyl (C=O) groups excluding carboxylic acids is 1. The second-order valence-corrected chi connectivity index (χ2v) is 9.18. The van der Waals surface area contributed by atoms with Crippen LogP contribution >= 0.6 is 0 Å². The summed E-state index contributed by atoms with van der Waals surface area (Å²) in [6.45, 7) is 1.94. The molecule has 3 aromatic carbocycles. The highest BCUT2D eigenvalue weighted by atomic mass is 32.2. The number of para-hydroxylation sites is 1. The zero-order valence-electron chi connectivity index (χ0n) is 18.5. The highest BCUT2D eigenvalue weighted by Gasteiger charge is 2.22.